The van der Waals surface area contributed by atoms with Crippen LogP contribution in [0, 0.1) is 20.8 Å². The van der Waals surface area contributed by atoms with Crippen LogP contribution in [0.1, 0.15) is 51.2 Å². The van der Waals surface area contributed by atoms with Gasteiger partial charge in [0.1, 0.15) is 22.7 Å². The van der Waals surface area contributed by atoms with E-state index in [4.69, 9.17) is 35.5 Å². The molecule has 2 aliphatic heterocycles. The summed E-state index contributed by atoms with van der Waals surface area (Å²) in [7, 11) is 0. The quantitative estimate of drug-likeness (QED) is 0.0774. The van der Waals surface area contributed by atoms with Crippen molar-refractivity contribution < 1.29 is 28.5 Å². The van der Waals surface area contributed by atoms with Crippen molar-refractivity contribution in [2.45, 2.75) is 39.7 Å². The minimum absolute atomic E-state index is 0. The van der Waals surface area contributed by atoms with Crippen LogP contribution < -0.4 is 16.0 Å². The average molecular weight is 861 g/mol. The highest BCUT2D eigenvalue weighted by Gasteiger charge is 2.32. The highest BCUT2D eigenvalue weighted by Crippen LogP contribution is 2.39. The van der Waals surface area contributed by atoms with Crippen LogP contribution in [0.15, 0.2) is 65.8 Å². The molecule has 59 heavy (non-hydrogen) atoms. The van der Waals surface area contributed by atoms with Crippen molar-refractivity contribution in [3.05, 3.63) is 105 Å². The molecule has 2 aromatic carbocycles. The number of nitrogens with one attached hydrogen (secondary N) is 3. The van der Waals surface area contributed by atoms with E-state index in [1.54, 1.807) is 11.3 Å². The molecule has 3 N–H and O–H groups in total. The first-order valence-corrected chi connectivity index (χ1v) is 20.5. The fourth-order valence-electron chi connectivity index (χ4n) is 6.73. The van der Waals surface area contributed by atoms with Crippen LogP contribution >= 0.6 is 36.4 Å². The lowest BCUT2D eigenvalue weighted by Gasteiger charge is -2.13. The zero-order chi connectivity index (χ0) is 40.4. The molecule has 5 heterocycles. The lowest BCUT2D eigenvalue weighted by atomic mass is 9.99. The van der Waals surface area contributed by atoms with E-state index in [-0.39, 0.29) is 31.7 Å². The molecule has 0 unspecified atom stereocenters. The number of hydrogen-bond donors (Lipinski definition) is 3. The van der Waals surface area contributed by atoms with Gasteiger partial charge in [-0.25, -0.2) is 4.98 Å². The van der Waals surface area contributed by atoms with Crippen molar-refractivity contribution in [2.24, 2.45) is 4.99 Å². The number of benzene rings is 2. The number of aryl methyl sites for hydroxylation is 2. The number of amides is 2. The summed E-state index contributed by atoms with van der Waals surface area (Å²) in [4.78, 5) is 35.6. The molecular weight excluding hydrogens is 812 g/mol. The molecule has 0 spiro atoms. The Morgan fingerprint density at radius 1 is 0.864 bits per heavy atom. The minimum Gasteiger partial charge on any atom is -0.377 e. The van der Waals surface area contributed by atoms with Crippen LogP contribution in [0.25, 0.3) is 16.1 Å². The van der Waals surface area contributed by atoms with Gasteiger partial charge in [0.05, 0.1) is 71.4 Å². The molecule has 0 saturated carbocycles. The molecular formula is C42H49ClN8O6S2. The SMILES string of the molecule is Cc1sc2c(c1C)C(c1ccc(Cl)cc1)=N[C@@H](CC(=O)NCCOCCOCCOCCOCCNc1ccc(-c3ccc4c(c3)CC(=O)N4)cn1)c1nnc(C)n1-2.S. The number of halogens is 1. The summed E-state index contributed by atoms with van der Waals surface area (Å²) in [6.07, 6.45) is 2.35. The number of ether oxygens (including phenoxy) is 4. The summed E-state index contributed by atoms with van der Waals surface area (Å²) in [5.74, 6) is 2.02. The lowest BCUT2D eigenvalue weighted by molar-refractivity contribution is -0.121. The molecule has 0 saturated heterocycles. The number of thiophene rings is 1. The molecule has 5 aromatic rings. The zero-order valence-corrected chi connectivity index (χ0v) is 35.9. The van der Waals surface area contributed by atoms with Gasteiger partial charge in [-0.1, -0.05) is 29.8 Å². The summed E-state index contributed by atoms with van der Waals surface area (Å²) in [6.45, 7) is 10.6. The van der Waals surface area contributed by atoms with Crippen LogP contribution in [-0.4, -0.2) is 103 Å². The molecule has 0 bridgehead atoms. The van der Waals surface area contributed by atoms with E-state index in [0.717, 1.165) is 61.4 Å². The van der Waals surface area contributed by atoms with Gasteiger partial charge < -0.3 is 34.9 Å². The standard InChI is InChI=1S/C42H47ClN8O6S.H2S/c1-26-27(2)58-42-39(26)40(29-4-8-33(43)9-5-29)48-35(41-50-49-28(3)51(41)42)24-37(52)45-13-15-55-17-19-57-21-20-56-18-16-54-14-12-44-36-11-7-31(25-46-36)30-6-10-34-32(22-30)23-38(53)47-34;/h4-11,22,25,35H,12-21,23-24H2,1-3H3,(H,44,46)(H,45,52)(H,47,53);1H2/t35-;/m0./s1. The van der Waals surface area contributed by atoms with E-state index in [1.165, 1.54) is 4.88 Å². The number of anilines is 2. The number of aliphatic imine (C=N–C) groups is 1. The molecule has 0 radical (unpaired) electrons. The first-order valence-electron chi connectivity index (χ1n) is 19.3. The maximum Gasteiger partial charge on any atom is 0.228 e. The summed E-state index contributed by atoms with van der Waals surface area (Å²) in [5, 5.41) is 19.6. The molecule has 312 valence electrons. The van der Waals surface area contributed by atoms with Crippen LogP contribution in [0.4, 0.5) is 11.5 Å². The second kappa shape index (κ2) is 21.0. The number of carbonyl (C=O) groups is 2. The van der Waals surface area contributed by atoms with E-state index in [9.17, 15) is 9.59 Å². The van der Waals surface area contributed by atoms with E-state index in [0.29, 0.717) is 83.2 Å². The minimum atomic E-state index is -0.533. The number of rotatable bonds is 20. The van der Waals surface area contributed by atoms with Crippen molar-refractivity contribution in [3.63, 3.8) is 0 Å². The molecule has 0 fully saturated rings. The number of hydrogen-bond acceptors (Lipinski definition) is 12. The lowest BCUT2D eigenvalue weighted by Crippen LogP contribution is -2.29. The molecule has 0 aliphatic carbocycles. The first-order chi connectivity index (χ1) is 28.2. The Morgan fingerprint density at radius 2 is 1.53 bits per heavy atom. The Balaban J connectivity index is 0.00000585. The van der Waals surface area contributed by atoms with Gasteiger partial charge in [-0.15, -0.1) is 21.5 Å². The Hall–Kier alpha value is -4.68. The van der Waals surface area contributed by atoms with Gasteiger partial charge in [-0.05, 0) is 73.9 Å². The Kier molecular flexibility index (Phi) is 15.6. The average Bonchev–Trinajstić information content (AvgIpc) is 3.86. The van der Waals surface area contributed by atoms with Crippen LogP contribution in [0.2, 0.25) is 5.02 Å². The van der Waals surface area contributed by atoms with E-state index in [2.05, 4.69) is 45.0 Å². The van der Waals surface area contributed by atoms with Crippen LogP contribution in [0.3, 0.4) is 0 Å². The van der Waals surface area contributed by atoms with Gasteiger partial charge in [-0.3, -0.25) is 19.1 Å². The zero-order valence-electron chi connectivity index (χ0n) is 33.3. The predicted octanol–water partition coefficient (Wildman–Crippen LogP) is 6.15. The third-order valence-electron chi connectivity index (χ3n) is 9.80. The summed E-state index contributed by atoms with van der Waals surface area (Å²) >= 11 is 7.89. The van der Waals surface area contributed by atoms with Crippen LogP contribution in [-0.2, 0) is 35.0 Å². The molecule has 3 aromatic heterocycles. The van der Waals surface area contributed by atoms with Crippen molar-refractivity contribution in [3.8, 4) is 16.1 Å². The third-order valence-corrected chi connectivity index (χ3v) is 11.2. The highest BCUT2D eigenvalue weighted by molar-refractivity contribution is 7.59. The van der Waals surface area contributed by atoms with Gasteiger partial charge >= 0.3 is 0 Å². The largest absolute Gasteiger partial charge is 0.377 e. The van der Waals surface area contributed by atoms with E-state index in [1.807, 2.05) is 72.3 Å². The summed E-state index contributed by atoms with van der Waals surface area (Å²) in [6, 6.07) is 17.0. The van der Waals surface area contributed by atoms with Gasteiger partial charge in [0.25, 0.3) is 0 Å². The second-order valence-corrected chi connectivity index (χ2v) is 15.5. The Labute approximate surface area is 359 Å². The third kappa shape index (κ3) is 11.1. The fraction of sp³-hybridized carbons (Fsp3) is 0.381. The van der Waals surface area contributed by atoms with Crippen LogP contribution in [0.5, 0.6) is 0 Å². The smallest absolute Gasteiger partial charge is 0.228 e. The van der Waals surface area contributed by atoms with Gasteiger partial charge in [-0.2, -0.15) is 13.5 Å². The van der Waals surface area contributed by atoms with Crippen molar-refractivity contribution in [2.75, 3.05) is 76.6 Å². The number of carbonyl (C=O) groups excluding carboxylic acids is 2. The molecule has 2 aliphatic rings. The fourth-order valence-corrected chi connectivity index (χ4v) is 8.07. The normalized spacial score (nSPS) is 14.1. The van der Waals surface area contributed by atoms with Gasteiger partial charge in [0.2, 0.25) is 11.8 Å². The molecule has 17 heteroatoms. The Bertz CT molecular complexity index is 2250. The molecule has 14 nitrogen and oxygen atoms in total. The maximum atomic E-state index is 13.2. The number of aromatic nitrogens is 4. The van der Waals surface area contributed by atoms with E-state index >= 15 is 0 Å². The Morgan fingerprint density at radius 3 is 2.22 bits per heavy atom. The topological polar surface area (TPSA) is 163 Å². The second-order valence-electron chi connectivity index (χ2n) is 13.9. The van der Waals surface area contributed by atoms with Gasteiger partial charge in [0.15, 0.2) is 5.82 Å². The maximum absolute atomic E-state index is 13.2. The number of fused-ring (bicyclic) bond motifs is 4. The molecule has 1 atom stereocenters. The highest BCUT2D eigenvalue weighted by atomic mass is 35.5. The molecule has 7 rings (SSSR count). The van der Waals surface area contributed by atoms with E-state index < -0.39 is 6.04 Å². The predicted molar refractivity (Wildman–Crippen MR) is 235 cm³/mol. The van der Waals surface area contributed by atoms with Crippen molar-refractivity contribution in [1.29, 1.82) is 0 Å². The molecule has 2 amide bonds. The first kappa shape index (κ1) is 43.9. The monoisotopic (exact) mass is 860 g/mol. The van der Waals surface area contributed by atoms with Crippen molar-refractivity contribution >= 4 is 65.5 Å². The summed E-state index contributed by atoms with van der Waals surface area (Å²) in [5.41, 5.74) is 7.82. The van der Waals surface area contributed by atoms with Gasteiger partial charge in [0, 0.05) is 51.6 Å². The van der Waals surface area contributed by atoms with Crippen molar-refractivity contribution in [1.82, 2.24) is 25.1 Å². The summed E-state index contributed by atoms with van der Waals surface area (Å²) < 4.78 is 24.6. The number of nitrogens with zero attached hydrogens (tertiary/aromatic N) is 5. The number of pyridine rings is 1.